The average molecular weight is 154 g/mol. The first-order valence-electron chi connectivity index (χ1n) is 2.80. The Labute approximate surface area is 62.3 Å². The second kappa shape index (κ2) is 1.95. The number of hydrogen-bond acceptors (Lipinski definition) is 2. The molecule has 0 aromatic carbocycles. The fourth-order valence-corrected chi connectivity index (χ4v) is 1.02. The summed E-state index contributed by atoms with van der Waals surface area (Å²) in [6.45, 7) is 0. The summed E-state index contributed by atoms with van der Waals surface area (Å²) in [6.07, 6.45) is 6.80. The predicted octanol–water partition coefficient (Wildman–Crippen LogP) is 1.38. The molecule has 50 valence electrons. The van der Waals surface area contributed by atoms with Crippen LogP contribution in [-0.2, 0) is 0 Å². The molecule has 0 atom stereocenters. The summed E-state index contributed by atoms with van der Waals surface area (Å²) < 4.78 is 1.81. The zero-order valence-electron chi connectivity index (χ0n) is 5.03. The zero-order valence-corrected chi connectivity index (χ0v) is 5.78. The molecule has 0 amide bonds. The number of rotatable bonds is 0. The number of hydrogen-bond donors (Lipinski definition) is 0. The third-order valence-electron chi connectivity index (χ3n) is 1.29. The molecule has 2 rings (SSSR count). The van der Waals surface area contributed by atoms with E-state index in [2.05, 4.69) is 9.97 Å². The molecule has 0 saturated heterocycles. The van der Waals surface area contributed by atoms with Crippen molar-refractivity contribution in [2.24, 2.45) is 0 Å². The second-order valence-electron chi connectivity index (χ2n) is 1.90. The first-order chi connectivity index (χ1) is 4.88. The average Bonchev–Trinajstić information content (AvgIpc) is 2.36. The minimum Gasteiger partial charge on any atom is -0.302 e. The fraction of sp³-hybridized carbons (Fsp3) is 0. The number of imidazole rings is 1. The first kappa shape index (κ1) is 5.68. The van der Waals surface area contributed by atoms with Crippen molar-refractivity contribution < 1.29 is 0 Å². The highest BCUT2D eigenvalue weighted by Gasteiger charge is 1.96. The van der Waals surface area contributed by atoms with Crippen molar-refractivity contribution in [3.8, 4) is 0 Å². The maximum atomic E-state index is 5.73. The largest absolute Gasteiger partial charge is 0.302 e. The van der Waals surface area contributed by atoms with E-state index in [-0.39, 0.29) is 0 Å². The van der Waals surface area contributed by atoms with E-state index < -0.39 is 0 Å². The molecule has 0 aliphatic rings. The SMILES string of the molecule is Clc1nccn2cncc12. The Kier molecular flexibility index (Phi) is 1.11. The summed E-state index contributed by atoms with van der Waals surface area (Å²) in [5.41, 5.74) is 0.837. The van der Waals surface area contributed by atoms with Crippen LogP contribution in [0.2, 0.25) is 5.15 Å². The van der Waals surface area contributed by atoms with Crippen LogP contribution in [0, 0.1) is 0 Å². The molecule has 2 aromatic heterocycles. The van der Waals surface area contributed by atoms with E-state index in [0.717, 1.165) is 5.52 Å². The highest BCUT2D eigenvalue weighted by atomic mass is 35.5. The van der Waals surface area contributed by atoms with Crippen molar-refractivity contribution in [2.45, 2.75) is 0 Å². The number of fused-ring (bicyclic) bond motifs is 1. The molecule has 0 fully saturated rings. The third-order valence-corrected chi connectivity index (χ3v) is 1.58. The van der Waals surface area contributed by atoms with Gasteiger partial charge in [0.25, 0.3) is 0 Å². The maximum absolute atomic E-state index is 5.73. The van der Waals surface area contributed by atoms with E-state index in [9.17, 15) is 0 Å². The van der Waals surface area contributed by atoms with Gasteiger partial charge in [-0.05, 0) is 0 Å². The summed E-state index contributed by atoms with van der Waals surface area (Å²) >= 11 is 5.73. The lowest BCUT2D eigenvalue weighted by Crippen LogP contribution is -1.83. The van der Waals surface area contributed by atoms with Gasteiger partial charge in [0.2, 0.25) is 0 Å². The van der Waals surface area contributed by atoms with Gasteiger partial charge in [-0.2, -0.15) is 0 Å². The minimum absolute atomic E-state index is 0.486. The molecule has 0 aliphatic carbocycles. The van der Waals surface area contributed by atoms with Gasteiger partial charge >= 0.3 is 0 Å². The van der Waals surface area contributed by atoms with Crippen molar-refractivity contribution in [1.29, 1.82) is 0 Å². The molecule has 4 heteroatoms. The van der Waals surface area contributed by atoms with Crippen LogP contribution in [0.3, 0.4) is 0 Å². The lowest BCUT2D eigenvalue weighted by Gasteiger charge is -1.91. The summed E-state index contributed by atoms with van der Waals surface area (Å²) in [5, 5.41) is 0.486. The molecule has 0 spiro atoms. The van der Waals surface area contributed by atoms with E-state index >= 15 is 0 Å². The summed E-state index contributed by atoms with van der Waals surface area (Å²) in [6, 6.07) is 0. The van der Waals surface area contributed by atoms with Crippen molar-refractivity contribution in [3.63, 3.8) is 0 Å². The van der Waals surface area contributed by atoms with Gasteiger partial charge in [0.05, 0.1) is 12.5 Å². The Morgan fingerprint density at radius 3 is 3.20 bits per heavy atom. The van der Waals surface area contributed by atoms with Crippen LogP contribution >= 0.6 is 11.6 Å². The highest BCUT2D eigenvalue weighted by Crippen LogP contribution is 2.11. The molecule has 2 heterocycles. The van der Waals surface area contributed by atoms with Crippen molar-refractivity contribution in [2.75, 3.05) is 0 Å². The molecule has 0 saturated carbocycles. The third kappa shape index (κ3) is 0.675. The van der Waals surface area contributed by atoms with Gasteiger partial charge in [-0.1, -0.05) is 11.6 Å². The number of aromatic nitrogens is 3. The van der Waals surface area contributed by atoms with Gasteiger partial charge in [0, 0.05) is 12.4 Å². The molecule has 0 unspecified atom stereocenters. The first-order valence-corrected chi connectivity index (χ1v) is 3.18. The lowest BCUT2D eigenvalue weighted by atomic mass is 10.6. The molecule has 0 radical (unpaired) electrons. The molecule has 10 heavy (non-hydrogen) atoms. The molecule has 0 bridgehead atoms. The predicted molar refractivity (Wildman–Crippen MR) is 38.0 cm³/mol. The Morgan fingerprint density at radius 2 is 2.40 bits per heavy atom. The molecule has 0 aliphatic heterocycles. The zero-order chi connectivity index (χ0) is 6.97. The standard InChI is InChI=1S/C6H4ClN3/c7-6-5-3-8-4-10(5)2-1-9-6/h1-4H. The van der Waals surface area contributed by atoms with Crippen LogP contribution in [0.4, 0.5) is 0 Å². The highest BCUT2D eigenvalue weighted by molar-refractivity contribution is 6.32. The van der Waals surface area contributed by atoms with Crippen molar-refractivity contribution >= 4 is 17.1 Å². The molecular weight excluding hydrogens is 150 g/mol. The van der Waals surface area contributed by atoms with Gasteiger partial charge in [0.15, 0.2) is 5.15 Å². The fourth-order valence-electron chi connectivity index (χ4n) is 0.820. The van der Waals surface area contributed by atoms with Gasteiger partial charge in [-0.15, -0.1) is 0 Å². The minimum atomic E-state index is 0.486. The van der Waals surface area contributed by atoms with Crippen LogP contribution in [-0.4, -0.2) is 14.4 Å². The monoisotopic (exact) mass is 153 g/mol. The van der Waals surface area contributed by atoms with Gasteiger partial charge in [0.1, 0.15) is 5.52 Å². The lowest BCUT2D eigenvalue weighted by molar-refractivity contribution is 1.12. The van der Waals surface area contributed by atoms with E-state index in [1.807, 2.05) is 4.40 Å². The van der Waals surface area contributed by atoms with Crippen LogP contribution < -0.4 is 0 Å². The summed E-state index contributed by atoms with van der Waals surface area (Å²) in [4.78, 5) is 7.78. The normalized spacial score (nSPS) is 10.5. The smallest absolute Gasteiger partial charge is 0.154 e. The number of halogens is 1. The van der Waals surface area contributed by atoms with Crippen LogP contribution in [0.15, 0.2) is 24.9 Å². The Bertz CT molecular complexity index is 355. The Morgan fingerprint density at radius 1 is 1.50 bits per heavy atom. The number of nitrogens with zero attached hydrogens (tertiary/aromatic N) is 3. The molecule has 2 aromatic rings. The van der Waals surface area contributed by atoms with Gasteiger partial charge < -0.3 is 4.40 Å². The second-order valence-corrected chi connectivity index (χ2v) is 2.26. The van der Waals surface area contributed by atoms with E-state index in [1.165, 1.54) is 0 Å². The molecular formula is C6H4ClN3. The summed E-state index contributed by atoms with van der Waals surface area (Å²) in [7, 11) is 0. The van der Waals surface area contributed by atoms with Crippen LogP contribution in [0.25, 0.3) is 5.52 Å². The molecule has 0 N–H and O–H groups in total. The van der Waals surface area contributed by atoms with E-state index in [4.69, 9.17) is 11.6 Å². The van der Waals surface area contributed by atoms with Gasteiger partial charge in [-0.25, -0.2) is 9.97 Å². The van der Waals surface area contributed by atoms with E-state index in [1.54, 1.807) is 24.9 Å². The molecule has 3 nitrogen and oxygen atoms in total. The van der Waals surface area contributed by atoms with E-state index in [0.29, 0.717) is 5.15 Å². The Balaban J connectivity index is 2.95. The van der Waals surface area contributed by atoms with Crippen molar-refractivity contribution in [1.82, 2.24) is 14.4 Å². The van der Waals surface area contributed by atoms with Crippen LogP contribution in [0.1, 0.15) is 0 Å². The van der Waals surface area contributed by atoms with Gasteiger partial charge in [-0.3, -0.25) is 0 Å². The maximum Gasteiger partial charge on any atom is 0.154 e. The van der Waals surface area contributed by atoms with Crippen LogP contribution in [0.5, 0.6) is 0 Å². The Hall–Kier alpha value is -1.09. The summed E-state index contributed by atoms with van der Waals surface area (Å²) in [5.74, 6) is 0. The quantitative estimate of drug-likeness (QED) is 0.573. The van der Waals surface area contributed by atoms with Crippen molar-refractivity contribution in [3.05, 3.63) is 30.1 Å². The topological polar surface area (TPSA) is 30.2 Å².